The highest BCUT2D eigenvalue weighted by Crippen LogP contribution is 2.21. The lowest BCUT2D eigenvalue weighted by Crippen LogP contribution is -2.27. The molecule has 0 spiro atoms. The molecule has 2 aromatic heterocycles. The molecular weight excluding hydrogens is 382 g/mol. The minimum absolute atomic E-state index is 0.0707. The molecule has 2 aromatic carbocycles. The number of aryl methyl sites for hydroxylation is 1. The van der Waals surface area contributed by atoms with Crippen molar-refractivity contribution in [2.24, 2.45) is 0 Å². The first-order chi connectivity index (χ1) is 14.1. The number of benzene rings is 2. The van der Waals surface area contributed by atoms with Crippen LogP contribution in [0, 0.1) is 0 Å². The van der Waals surface area contributed by atoms with Gasteiger partial charge in [-0.3, -0.25) is 14.2 Å². The fourth-order valence-electron chi connectivity index (χ4n) is 3.25. The van der Waals surface area contributed by atoms with E-state index in [1.54, 1.807) is 0 Å². The number of nitrogens with one attached hydrogen (secondary N) is 1. The van der Waals surface area contributed by atoms with Gasteiger partial charge in [-0.1, -0.05) is 55.5 Å². The number of para-hydroxylation sites is 1. The smallest absolute Gasteiger partial charge is 0.262 e. The average molecular weight is 404 g/mol. The van der Waals surface area contributed by atoms with Gasteiger partial charge in [0, 0.05) is 10.6 Å². The van der Waals surface area contributed by atoms with Crippen molar-refractivity contribution in [3.8, 4) is 0 Å². The van der Waals surface area contributed by atoms with Gasteiger partial charge < -0.3 is 5.32 Å². The Labute approximate surface area is 172 Å². The van der Waals surface area contributed by atoms with Crippen molar-refractivity contribution >= 4 is 33.1 Å². The summed E-state index contributed by atoms with van der Waals surface area (Å²) in [5.41, 5.74) is 2.77. The quantitative estimate of drug-likeness (QED) is 0.523. The molecule has 0 aliphatic carbocycles. The monoisotopic (exact) mass is 403 g/mol. The highest BCUT2D eigenvalue weighted by Gasteiger charge is 2.12. The van der Waals surface area contributed by atoms with Crippen LogP contribution >= 0.6 is 11.3 Å². The summed E-state index contributed by atoms with van der Waals surface area (Å²) in [7, 11) is 0. The van der Waals surface area contributed by atoms with Crippen molar-refractivity contribution in [2.45, 2.75) is 26.3 Å². The Hall–Kier alpha value is -3.25. The van der Waals surface area contributed by atoms with Gasteiger partial charge in [0.15, 0.2) is 0 Å². The van der Waals surface area contributed by atoms with E-state index in [1.165, 1.54) is 27.8 Å². The SMILES string of the molecule is CCc1cc2c(=O)n(CC(=O)Nc3ccccc3Cc3ccccc3)cnc2s1. The molecule has 2 heterocycles. The molecule has 4 rings (SSSR count). The van der Waals surface area contributed by atoms with E-state index in [9.17, 15) is 9.59 Å². The Morgan fingerprint density at radius 3 is 2.66 bits per heavy atom. The zero-order valence-electron chi connectivity index (χ0n) is 16.1. The maximum atomic E-state index is 12.7. The average Bonchev–Trinajstić information content (AvgIpc) is 3.17. The number of fused-ring (bicyclic) bond motifs is 1. The Bertz CT molecular complexity index is 1210. The van der Waals surface area contributed by atoms with Crippen LogP contribution in [-0.2, 0) is 24.2 Å². The molecule has 0 unspecified atom stereocenters. The van der Waals surface area contributed by atoms with Crippen LogP contribution in [0.5, 0.6) is 0 Å². The van der Waals surface area contributed by atoms with Crippen LogP contribution in [0.1, 0.15) is 22.9 Å². The van der Waals surface area contributed by atoms with Crippen molar-refractivity contribution in [3.05, 3.63) is 93.3 Å². The third-order valence-electron chi connectivity index (χ3n) is 4.76. The van der Waals surface area contributed by atoms with E-state index in [0.717, 1.165) is 33.8 Å². The first-order valence-electron chi connectivity index (χ1n) is 9.53. The van der Waals surface area contributed by atoms with Crippen LogP contribution < -0.4 is 10.9 Å². The van der Waals surface area contributed by atoms with Gasteiger partial charge >= 0.3 is 0 Å². The Morgan fingerprint density at radius 1 is 1.10 bits per heavy atom. The van der Waals surface area contributed by atoms with Crippen LogP contribution in [0.25, 0.3) is 10.2 Å². The topological polar surface area (TPSA) is 64.0 Å². The summed E-state index contributed by atoms with van der Waals surface area (Å²) in [4.78, 5) is 31.5. The van der Waals surface area contributed by atoms with Crippen LogP contribution in [0.15, 0.2) is 71.8 Å². The lowest BCUT2D eigenvalue weighted by molar-refractivity contribution is -0.116. The number of aromatic nitrogens is 2. The van der Waals surface area contributed by atoms with Crippen molar-refractivity contribution < 1.29 is 4.79 Å². The largest absolute Gasteiger partial charge is 0.324 e. The second-order valence-electron chi connectivity index (χ2n) is 6.83. The number of amides is 1. The number of nitrogens with zero attached hydrogens (tertiary/aromatic N) is 2. The van der Waals surface area contributed by atoms with Crippen molar-refractivity contribution in [2.75, 3.05) is 5.32 Å². The minimum Gasteiger partial charge on any atom is -0.324 e. The molecule has 0 atom stereocenters. The van der Waals surface area contributed by atoms with Gasteiger partial charge in [0.2, 0.25) is 5.91 Å². The summed E-state index contributed by atoms with van der Waals surface area (Å²) < 4.78 is 1.36. The number of hydrogen-bond donors (Lipinski definition) is 1. The number of rotatable bonds is 6. The molecule has 0 radical (unpaired) electrons. The third kappa shape index (κ3) is 4.27. The normalized spacial score (nSPS) is 10.9. The summed E-state index contributed by atoms with van der Waals surface area (Å²) in [6.07, 6.45) is 3.04. The minimum atomic E-state index is -0.250. The lowest BCUT2D eigenvalue weighted by atomic mass is 10.0. The molecule has 5 nitrogen and oxygen atoms in total. The molecular formula is C23H21N3O2S. The van der Waals surface area contributed by atoms with Gasteiger partial charge in [-0.25, -0.2) is 4.98 Å². The molecule has 0 aliphatic rings. The van der Waals surface area contributed by atoms with E-state index in [2.05, 4.69) is 22.4 Å². The fourth-order valence-corrected chi connectivity index (χ4v) is 4.18. The molecule has 29 heavy (non-hydrogen) atoms. The van der Waals surface area contributed by atoms with Crippen LogP contribution in [0.2, 0.25) is 0 Å². The van der Waals surface area contributed by atoms with Crippen molar-refractivity contribution in [1.29, 1.82) is 0 Å². The molecule has 6 heteroatoms. The van der Waals surface area contributed by atoms with Gasteiger partial charge in [0.1, 0.15) is 11.4 Å². The van der Waals surface area contributed by atoms with E-state index in [1.807, 2.05) is 55.5 Å². The predicted octanol–water partition coefficient (Wildman–Crippen LogP) is 4.25. The number of carbonyl (C=O) groups excluding carboxylic acids is 1. The van der Waals surface area contributed by atoms with E-state index in [4.69, 9.17) is 0 Å². The van der Waals surface area contributed by atoms with Crippen LogP contribution in [-0.4, -0.2) is 15.5 Å². The summed E-state index contributed by atoms with van der Waals surface area (Å²) in [6.45, 7) is 1.97. The molecule has 1 N–H and O–H groups in total. The number of thiophene rings is 1. The fraction of sp³-hybridized carbons (Fsp3) is 0.174. The molecule has 1 amide bonds. The Morgan fingerprint density at radius 2 is 1.86 bits per heavy atom. The number of hydrogen-bond acceptors (Lipinski definition) is 4. The highest BCUT2D eigenvalue weighted by molar-refractivity contribution is 7.18. The molecule has 0 saturated carbocycles. The summed E-state index contributed by atoms with van der Waals surface area (Å²) in [5, 5.41) is 3.52. The summed E-state index contributed by atoms with van der Waals surface area (Å²) in [5.74, 6) is -0.250. The Balaban J connectivity index is 1.53. The van der Waals surface area contributed by atoms with E-state index in [-0.39, 0.29) is 18.0 Å². The van der Waals surface area contributed by atoms with Gasteiger partial charge in [-0.2, -0.15) is 0 Å². The summed E-state index contributed by atoms with van der Waals surface area (Å²) in [6, 6.07) is 19.7. The third-order valence-corrected chi connectivity index (χ3v) is 5.95. The summed E-state index contributed by atoms with van der Waals surface area (Å²) >= 11 is 1.52. The first kappa shape index (κ1) is 19.1. The first-order valence-corrected chi connectivity index (χ1v) is 10.3. The zero-order chi connectivity index (χ0) is 20.2. The van der Waals surface area contributed by atoms with Gasteiger partial charge in [0.05, 0.1) is 11.7 Å². The van der Waals surface area contributed by atoms with Crippen molar-refractivity contribution in [1.82, 2.24) is 9.55 Å². The van der Waals surface area contributed by atoms with Gasteiger partial charge in [-0.05, 0) is 36.1 Å². The standard InChI is InChI=1S/C23H21N3O2S/c1-2-18-13-19-22(29-18)24-15-26(23(19)28)14-21(27)25-20-11-7-6-10-17(20)12-16-8-4-3-5-9-16/h3-11,13,15H,2,12,14H2,1H3,(H,25,27). The Kier molecular flexibility index (Phi) is 5.53. The van der Waals surface area contributed by atoms with Crippen molar-refractivity contribution in [3.63, 3.8) is 0 Å². The van der Waals surface area contributed by atoms with Crippen LogP contribution in [0.4, 0.5) is 5.69 Å². The second-order valence-corrected chi connectivity index (χ2v) is 7.95. The van der Waals surface area contributed by atoms with Gasteiger partial charge in [0.25, 0.3) is 5.56 Å². The van der Waals surface area contributed by atoms with Crippen LogP contribution in [0.3, 0.4) is 0 Å². The second kappa shape index (κ2) is 8.41. The van der Waals surface area contributed by atoms with Gasteiger partial charge in [-0.15, -0.1) is 11.3 Å². The maximum absolute atomic E-state index is 12.7. The molecule has 0 fully saturated rings. The molecule has 4 aromatic rings. The maximum Gasteiger partial charge on any atom is 0.262 e. The molecule has 146 valence electrons. The molecule has 0 bridgehead atoms. The number of carbonyl (C=O) groups is 1. The molecule has 0 aliphatic heterocycles. The van der Waals surface area contributed by atoms with E-state index in [0.29, 0.717) is 5.39 Å². The van der Waals surface area contributed by atoms with E-state index >= 15 is 0 Å². The number of anilines is 1. The highest BCUT2D eigenvalue weighted by atomic mass is 32.1. The molecule has 0 saturated heterocycles. The van der Waals surface area contributed by atoms with E-state index < -0.39 is 0 Å². The zero-order valence-corrected chi connectivity index (χ0v) is 16.9. The predicted molar refractivity (Wildman–Crippen MR) is 118 cm³/mol. The lowest BCUT2D eigenvalue weighted by Gasteiger charge is -2.12.